The molecule has 0 saturated carbocycles. The van der Waals surface area contributed by atoms with Crippen molar-refractivity contribution >= 4 is 35.8 Å². The van der Waals surface area contributed by atoms with Crippen molar-refractivity contribution in [3.63, 3.8) is 0 Å². The molecule has 2 N–H and O–H groups in total. The Morgan fingerprint density at radius 3 is 2.44 bits per heavy atom. The van der Waals surface area contributed by atoms with Gasteiger partial charge in [-0.1, -0.05) is 61.5 Å². The highest BCUT2D eigenvalue weighted by Gasteiger charge is 2.19. The van der Waals surface area contributed by atoms with E-state index >= 15 is 0 Å². The minimum atomic E-state index is 0. The van der Waals surface area contributed by atoms with E-state index in [4.69, 9.17) is 4.74 Å². The lowest BCUT2D eigenvalue weighted by atomic mass is 10.1. The SMILES string of the molecule is CN=C(NCc1ccc(CN2CCCC2=O)cc1)NCC(C)COCc1ccccc1.I. The molecule has 1 aliphatic rings. The standard InChI is InChI=1S/C25H34N4O2.HI/c1-20(18-31-19-23-7-4-3-5-8-23)15-27-25(26-2)28-16-21-10-12-22(13-11-21)17-29-14-6-9-24(29)30;/h3-5,7-8,10-13,20H,6,9,14-19H2,1-2H3,(H2,26,27,28);1H. The molecule has 0 radical (unpaired) electrons. The number of ether oxygens (including phenoxy) is 1. The van der Waals surface area contributed by atoms with Crippen LogP contribution in [0.3, 0.4) is 0 Å². The number of amides is 1. The zero-order valence-corrected chi connectivity index (χ0v) is 21.4. The van der Waals surface area contributed by atoms with Gasteiger partial charge in [0.2, 0.25) is 5.91 Å². The van der Waals surface area contributed by atoms with Crippen molar-refractivity contribution in [2.24, 2.45) is 10.9 Å². The Morgan fingerprint density at radius 1 is 1.06 bits per heavy atom. The zero-order chi connectivity index (χ0) is 21.9. The summed E-state index contributed by atoms with van der Waals surface area (Å²) in [4.78, 5) is 18.0. The van der Waals surface area contributed by atoms with Crippen LogP contribution in [0, 0.1) is 5.92 Å². The van der Waals surface area contributed by atoms with Gasteiger partial charge in [-0.15, -0.1) is 24.0 Å². The number of nitrogens with one attached hydrogen (secondary N) is 2. The molecule has 1 aliphatic heterocycles. The molecule has 7 heteroatoms. The second kappa shape index (κ2) is 14.1. The van der Waals surface area contributed by atoms with E-state index in [1.165, 1.54) is 16.7 Å². The maximum Gasteiger partial charge on any atom is 0.222 e. The monoisotopic (exact) mass is 550 g/mol. The smallest absolute Gasteiger partial charge is 0.222 e. The first kappa shape index (κ1) is 26.1. The van der Waals surface area contributed by atoms with Gasteiger partial charge >= 0.3 is 0 Å². The van der Waals surface area contributed by atoms with E-state index in [2.05, 4.69) is 58.9 Å². The Balaban J connectivity index is 0.00000363. The predicted molar refractivity (Wildman–Crippen MR) is 140 cm³/mol. The van der Waals surface area contributed by atoms with Crippen molar-refractivity contribution in [2.45, 2.75) is 39.5 Å². The van der Waals surface area contributed by atoms with Crippen LogP contribution in [0.1, 0.15) is 36.5 Å². The molecule has 0 aliphatic carbocycles. The van der Waals surface area contributed by atoms with Crippen LogP contribution in [0.5, 0.6) is 0 Å². The van der Waals surface area contributed by atoms with Crippen molar-refractivity contribution in [2.75, 3.05) is 26.7 Å². The van der Waals surface area contributed by atoms with Crippen molar-refractivity contribution in [3.8, 4) is 0 Å². The molecule has 2 aromatic carbocycles. The van der Waals surface area contributed by atoms with Crippen molar-refractivity contribution in [1.29, 1.82) is 0 Å². The molecule has 0 aromatic heterocycles. The van der Waals surface area contributed by atoms with Gasteiger partial charge in [-0.05, 0) is 29.0 Å². The summed E-state index contributed by atoms with van der Waals surface area (Å²) in [7, 11) is 1.78. The number of carbonyl (C=O) groups is 1. The van der Waals surface area contributed by atoms with Crippen molar-refractivity contribution in [3.05, 3.63) is 71.3 Å². The molecule has 0 bridgehead atoms. The Hall–Kier alpha value is -2.13. The van der Waals surface area contributed by atoms with E-state index < -0.39 is 0 Å². The lowest BCUT2D eigenvalue weighted by Crippen LogP contribution is -2.39. The number of likely N-dealkylation sites (tertiary alicyclic amines) is 1. The van der Waals surface area contributed by atoms with Gasteiger partial charge in [0.1, 0.15) is 0 Å². The molecule has 32 heavy (non-hydrogen) atoms. The Labute approximate surface area is 208 Å². The molecule has 6 nitrogen and oxygen atoms in total. The first-order chi connectivity index (χ1) is 15.1. The van der Waals surface area contributed by atoms with Crippen molar-refractivity contribution < 1.29 is 9.53 Å². The average molecular weight is 550 g/mol. The van der Waals surface area contributed by atoms with Crippen LogP contribution in [0.15, 0.2) is 59.6 Å². The average Bonchev–Trinajstić information content (AvgIpc) is 3.20. The summed E-state index contributed by atoms with van der Waals surface area (Å²) in [6.45, 7) is 6.56. The van der Waals surface area contributed by atoms with Gasteiger partial charge in [-0.3, -0.25) is 9.79 Å². The molecule has 1 unspecified atom stereocenters. The molecular weight excluding hydrogens is 515 g/mol. The number of halogens is 1. The number of guanidine groups is 1. The van der Waals surface area contributed by atoms with Gasteiger partial charge in [-0.2, -0.15) is 0 Å². The third-order valence-corrected chi connectivity index (χ3v) is 5.38. The van der Waals surface area contributed by atoms with Gasteiger partial charge in [0.25, 0.3) is 0 Å². The maximum absolute atomic E-state index is 11.8. The van der Waals surface area contributed by atoms with E-state index in [1.807, 2.05) is 23.1 Å². The third kappa shape index (κ3) is 8.78. The Morgan fingerprint density at radius 2 is 1.78 bits per heavy atom. The summed E-state index contributed by atoms with van der Waals surface area (Å²) in [6.07, 6.45) is 1.66. The molecule has 2 aromatic rings. The number of benzene rings is 2. The summed E-state index contributed by atoms with van der Waals surface area (Å²) in [5.74, 6) is 1.41. The summed E-state index contributed by atoms with van der Waals surface area (Å²) in [5.41, 5.74) is 3.54. The lowest BCUT2D eigenvalue weighted by molar-refractivity contribution is -0.128. The molecule has 3 rings (SSSR count). The largest absolute Gasteiger partial charge is 0.376 e. The lowest BCUT2D eigenvalue weighted by Gasteiger charge is -2.17. The molecule has 1 fully saturated rings. The Kier molecular flexibility index (Phi) is 11.5. The number of hydrogen-bond acceptors (Lipinski definition) is 3. The third-order valence-electron chi connectivity index (χ3n) is 5.38. The molecule has 1 amide bonds. The maximum atomic E-state index is 11.8. The fourth-order valence-corrected chi connectivity index (χ4v) is 3.54. The van der Waals surface area contributed by atoms with Crippen LogP contribution in [-0.2, 0) is 29.2 Å². The highest BCUT2D eigenvalue weighted by atomic mass is 127. The molecular formula is C25H35IN4O2. The Bertz CT molecular complexity index is 843. The summed E-state index contributed by atoms with van der Waals surface area (Å²) < 4.78 is 5.82. The van der Waals surface area contributed by atoms with Crippen molar-refractivity contribution in [1.82, 2.24) is 15.5 Å². The topological polar surface area (TPSA) is 66.0 Å². The molecule has 1 saturated heterocycles. The molecule has 1 atom stereocenters. The van der Waals surface area contributed by atoms with Crippen LogP contribution < -0.4 is 10.6 Å². The number of carbonyl (C=O) groups excluding carboxylic acids is 1. The molecule has 1 heterocycles. The van der Waals surface area contributed by atoms with Gasteiger partial charge in [-0.25, -0.2) is 0 Å². The number of hydrogen-bond donors (Lipinski definition) is 2. The quantitative estimate of drug-likeness (QED) is 0.267. The fraction of sp³-hybridized carbons (Fsp3) is 0.440. The fourth-order valence-electron chi connectivity index (χ4n) is 3.54. The highest BCUT2D eigenvalue weighted by Crippen LogP contribution is 2.14. The van der Waals surface area contributed by atoms with E-state index in [0.717, 1.165) is 25.5 Å². The van der Waals surface area contributed by atoms with Crippen LogP contribution in [0.25, 0.3) is 0 Å². The normalized spacial score (nSPS) is 14.8. The van der Waals surface area contributed by atoms with E-state index in [1.54, 1.807) is 7.05 Å². The predicted octanol–water partition coefficient (Wildman–Crippen LogP) is 3.94. The number of nitrogens with zero attached hydrogens (tertiary/aromatic N) is 2. The molecule has 0 spiro atoms. The van der Waals surface area contributed by atoms with Gasteiger partial charge in [0.05, 0.1) is 13.2 Å². The van der Waals surface area contributed by atoms with E-state index in [0.29, 0.717) is 38.6 Å². The van der Waals surface area contributed by atoms with E-state index in [9.17, 15) is 4.79 Å². The minimum absolute atomic E-state index is 0. The van der Waals surface area contributed by atoms with Gasteiger partial charge in [0, 0.05) is 39.6 Å². The highest BCUT2D eigenvalue weighted by molar-refractivity contribution is 14.0. The van der Waals surface area contributed by atoms with Crippen LogP contribution in [0.4, 0.5) is 0 Å². The van der Waals surface area contributed by atoms with Crippen LogP contribution in [0.2, 0.25) is 0 Å². The van der Waals surface area contributed by atoms with Crippen LogP contribution >= 0.6 is 24.0 Å². The minimum Gasteiger partial charge on any atom is -0.376 e. The van der Waals surface area contributed by atoms with Gasteiger partial charge < -0.3 is 20.3 Å². The first-order valence-electron chi connectivity index (χ1n) is 11.1. The number of rotatable bonds is 10. The molecule has 174 valence electrons. The zero-order valence-electron chi connectivity index (χ0n) is 19.0. The number of aliphatic imine (C=N–C) groups is 1. The first-order valence-corrected chi connectivity index (χ1v) is 11.1. The second-order valence-corrected chi connectivity index (χ2v) is 8.15. The van der Waals surface area contributed by atoms with E-state index in [-0.39, 0.29) is 29.9 Å². The summed E-state index contributed by atoms with van der Waals surface area (Å²) in [6, 6.07) is 18.6. The van der Waals surface area contributed by atoms with Gasteiger partial charge in [0.15, 0.2) is 5.96 Å². The summed E-state index contributed by atoms with van der Waals surface area (Å²) >= 11 is 0. The second-order valence-electron chi connectivity index (χ2n) is 8.15. The summed E-state index contributed by atoms with van der Waals surface area (Å²) in [5, 5.41) is 6.72. The van der Waals surface area contributed by atoms with Crippen LogP contribution in [-0.4, -0.2) is 43.5 Å².